The van der Waals surface area contributed by atoms with Gasteiger partial charge in [0.25, 0.3) is 0 Å². The van der Waals surface area contributed by atoms with E-state index in [9.17, 15) is 18.0 Å². The highest BCUT2D eigenvalue weighted by atomic mass is 32.2. The van der Waals surface area contributed by atoms with Crippen molar-refractivity contribution in [1.82, 2.24) is 9.62 Å². The minimum Gasteiger partial charge on any atom is -0.467 e. The zero-order valence-electron chi connectivity index (χ0n) is 15.5. The molecule has 0 radical (unpaired) electrons. The third kappa shape index (κ3) is 4.26. The van der Waals surface area contributed by atoms with Crippen molar-refractivity contribution in [2.75, 3.05) is 13.2 Å². The highest BCUT2D eigenvalue weighted by Gasteiger charge is 2.39. The van der Waals surface area contributed by atoms with Crippen molar-refractivity contribution < 1.29 is 27.2 Å². The molecule has 150 valence electrons. The molecule has 28 heavy (non-hydrogen) atoms. The summed E-state index contributed by atoms with van der Waals surface area (Å²) in [6.07, 6.45) is 2.55. The van der Waals surface area contributed by atoms with Crippen LogP contribution in [0.1, 0.15) is 35.9 Å². The minimum absolute atomic E-state index is 0.0336. The summed E-state index contributed by atoms with van der Waals surface area (Å²) in [5, 5.41) is 2.72. The highest BCUT2D eigenvalue weighted by Crippen LogP contribution is 2.26. The summed E-state index contributed by atoms with van der Waals surface area (Å²) in [5.41, 5.74) is 0.273. The molecule has 1 aliphatic heterocycles. The van der Waals surface area contributed by atoms with Crippen molar-refractivity contribution in [3.63, 3.8) is 0 Å². The van der Waals surface area contributed by atoms with Crippen molar-refractivity contribution in [1.29, 1.82) is 0 Å². The smallest absolute Gasteiger partial charge is 0.338 e. The first-order valence-corrected chi connectivity index (χ1v) is 10.5. The van der Waals surface area contributed by atoms with E-state index >= 15 is 0 Å². The van der Waals surface area contributed by atoms with E-state index in [4.69, 9.17) is 9.15 Å². The van der Waals surface area contributed by atoms with Crippen LogP contribution in [0.3, 0.4) is 0 Å². The number of nitrogens with zero attached hydrogens (tertiary/aromatic N) is 1. The van der Waals surface area contributed by atoms with Gasteiger partial charge < -0.3 is 14.5 Å². The molecule has 9 heteroatoms. The monoisotopic (exact) mass is 406 g/mol. The van der Waals surface area contributed by atoms with Crippen molar-refractivity contribution >= 4 is 21.9 Å². The van der Waals surface area contributed by atoms with Crippen molar-refractivity contribution in [3.8, 4) is 0 Å². The van der Waals surface area contributed by atoms with Crippen LogP contribution in [-0.2, 0) is 26.1 Å². The summed E-state index contributed by atoms with van der Waals surface area (Å²) in [6.45, 7) is 2.40. The Balaban J connectivity index is 1.72. The van der Waals surface area contributed by atoms with E-state index in [2.05, 4.69) is 5.32 Å². The summed E-state index contributed by atoms with van der Waals surface area (Å²) in [5.74, 6) is -0.279. The lowest BCUT2D eigenvalue weighted by molar-refractivity contribution is -0.124. The Hall–Kier alpha value is -2.65. The molecular weight excluding hydrogens is 384 g/mol. The third-order valence-corrected chi connectivity index (χ3v) is 6.42. The first kappa shape index (κ1) is 20.1. The molecule has 0 saturated carbocycles. The number of carbonyl (C=O) groups is 2. The van der Waals surface area contributed by atoms with Gasteiger partial charge in [-0.05, 0) is 56.2 Å². The zero-order chi connectivity index (χ0) is 20.1. The zero-order valence-corrected chi connectivity index (χ0v) is 16.3. The number of amides is 1. The molecule has 2 heterocycles. The van der Waals surface area contributed by atoms with Crippen LogP contribution >= 0.6 is 0 Å². The third-order valence-electron chi connectivity index (χ3n) is 4.50. The Morgan fingerprint density at radius 3 is 2.64 bits per heavy atom. The van der Waals surface area contributed by atoms with E-state index in [0.29, 0.717) is 18.6 Å². The van der Waals surface area contributed by atoms with Gasteiger partial charge in [0.2, 0.25) is 15.9 Å². The van der Waals surface area contributed by atoms with Gasteiger partial charge >= 0.3 is 5.97 Å². The van der Waals surface area contributed by atoms with Gasteiger partial charge in [0.15, 0.2) is 0 Å². The molecule has 1 atom stereocenters. The van der Waals surface area contributed by atoms with Crippen LogP contribution in [0.15, 0.2) is 52.0 Å². The maximum Gasteiger partial charge on any atom is 0.338 e. The van der Waals surface area contributed by atoms with E-state index in [0.717, 1.165) is 0 Å². The van der Waals surface area contributed by atoms with Crippen LogP contribution in [0.2, 0.25) is 0 Å². The Morgan fingerprint density at radius 2 is 2.00 bits per heavy atom. The standard InChI is InChI=1S/C19H22N2O6S/c1-2-26-19(23)14-7-9-16(10-8-14)28(24,25)21-11-3-6-17(21)18(22)20-13-15-5-4-12-27-15/h4-5,7-10,12,17H,2-3,6,11,13H2,1H3,(H,20,22)/t17-/m1/s1. The van der Waals surface area contributed by atoms with Crippen molar-refractivity contribution in [3.05, 3.63) is 54.0 Å². The number of hydrogen-bond acceptors (Lipinski definition) is 6. The Bertz CT molecular complexity index is 922. The highest BCUT2D eigenvalue weighted by molar-refractivity contribution is 7.89. The average Bonchev–Trinajstić information content (AvgIpc) is 3.38. The number of rotatable bonds is 7. The van der Waals surface area contributed by atoms with Gasteiger partial charge in [0.05, 0.1) is 29.9 Å². The molecule has 1 aliphatic rings. The first-order valence-electron chi connectivity index (χ1n) is 9.02. The number of ether oxygens (including phenoxy) is 1. The van der Waals surface area contributed by atoms with Crippen LogP contribution in [0, 0.1) is 0 Å². The second-order valence-electron chi connectivity index (χ2n) is 6.32. The van der Waals surface area contributed by atoms with E-state index in [-0.39, 0.29) is 36.1 Å². The van der Waals surface area contributed by atoms with Gasteiger partial charge in [-0.3, -0.25) is 4.79 Å². The molecule has 8 nitrogen and oxygen atoms in total. The number of carbonyl (C=O) groups excluding carboxylic acids is 2. The average molecular weight is 406 g/mol. The second-order valence-corrected chi connectivity index (χ2v) is 8.21. The largest absolute Gasteiger partial charge is 0.467 e. The number of nitrogens with one attached hydrogen (secondary N) is 1. The summed E-state index contributed by atoms with van der Waals surface area (Å²) in [7, 11) is -3.86. The molecule has 1 aromatic heterocycles. The van der Waals surface area contributed by atoms with Gasteiger partial charge in [0.1, 0.15) is 11.8 Å². The maximum atomic E-state index is 13.0. The van der Waals surface area contributed by atoms with Gasteiger partial charge in [-0.25, -0.2) is 13.2 Å². The summed E-state index contributed by atoms with van der Waals surface area (Å²) >= 11 is 0. The molecule has 0 spiro atoms. The molecule has 0 unspecified atom stereocenters. The maximum absolute atomic E-state index is 13.0. The first-order chi connectivity index (χ1) is 13.4. The predicted molar refractivity (Wildman–Crippen MR) is 99.9 cm³/mol. The second kappa shape index (κ2) is 8.57. The fraction of sp³-hybridized carbons (Fsp3) is 0.368. The summed E-state index contributed by atoms with van der Waals surface area (Å²) in [4.78, 5) is 24.3. The van der Waals surface area contributed by atoms with E-state index in [1.54, 1.807) is 19.1 Å². The number of furan rings is 1. The van der Waals surface area contributed by atoms with E-state index < -0.39 is 22.0 Å². The Labute approximate surface area is 163 Å². The predicted octanol–water partition coefficient (Wildman–Crippen LogP) is 1.93. The van der Waals surface area contributed by atoms with Crippen LogP contribution in [-0.4, -0.2) is 43.8 Å². The van der Waals surface area contributed by atoms with Gasteiger partial charge in [-0.1, -0.05) is 0 Å². The molecule has 1 N–H and O–H groups in total. The minimum atomic E-state index is -3.86. The van der Waals surface area contributed by atoms with E-state index in [1.807, 2.05) is 0 Å². The van der Waals surface area contributed by atoms with Crippen LogP contribution in [0.25, 0.3) is 0 Å². The fourth-order valence-electron chi connectivity index (χ4n) is 3.11. The number of hydrogen-bond donors (Lipinski definition) is 1. The van der Waals surface area contributed by atoms with Crippen molar-refractivity contribution in [2.45, 2.75) is 37.2 Å². The lowest BCUT2D eigenvalue weighted by atomic mass is 10.2. The molecule has 1 saturated heterocycles. The molecule has 1 aromatic carbocycles. The van der Waals surface area contributed by atoms with Gasteiger partial charge in [0, 0.05) is 6.54 Å². The molecule has 0 aliphatic carbocycles. The molecule has 1 amide bonds. The molecule has 1 fully saturated rings. The topological polar surface area (TPSA) is 106 Å². The summed E-state index contributed by atoms with van der Waals surface area (Å²) < 4.78 is 37.3. The van der Waals surface area contributed by atoms with Crippen LogP contribution in [0.4, 0.5) is 0 Å². The molecular formula is C19H22N2O6S. The van der Waals surface area contributed by atoms with Gasteiger partial charge in [-0.15, -0.1) is 0 Å². The molecule has 3 rings (SSSR count). The summed E-state index contributed by atoms with van der Waals surface area (Å²) in [6, 6.07) is 8.21. The van der Waals surface area contributed by atoms with Crippen LogP contribution < -0.4 is 5.32 Å². The quantitative estimate of drug-likeness (QED) is 0.704. The number of esters is 1. The SMILES string of the molecule is CCOC(=O)c1ccc(S(=O)(=O)N2CCC[C@@H]2C(=O)NCc2ccco2)cc1. The van der Waals surface area contributed by atoms with Gasteiger partial charge in [-0.2, -0.15) is 4.31 Å². The van der Waals surface area contributed by atoms with E-state index in [1.165, 1.54) is 34.8 Å². The normalized spacial score (nSPS) is 17.4. The lowest BCUT2D eigenvalue weighted by Crippen LogP contribution is -2.45. The Morgan fingerprint density at radius 1 is 1.25 bits per heavy atom. The molecule has 0 bridgehead atoms. The van der Waals surface area contributed by atoms with Crippen LogP contribution in [0.5, 0.6) is 0 Å². The number of benzene rings is 1. The fourth-order valence-corrected chi connectivity index (χ4v) is 4.76. The Kier molecular flexibility index (Phi) is 6.15. The number of sulfonamides is 1. The lowest BCUT2D eigenvalue weighted by Gasteiger charge is -2.23. The molecule has 2 aromatic rings. The van der Waals surface area contributed by atoms with Crippen molar-refractivity contribution in [2.24, 2.45) is 0 Å².